The molecule has 0 spiro atoms. The van der Waals surface area contributed by atoms with Crippen LogP contribution in [0.5, 0.6) is 0 Å². The van der Waals surface area contributed by atoms with Gasteiger partial charge in [-0.25, -0.2) is 0 Å². The van der Waals surface area contributed by atoms with Gasteiger partial charge in [-0.1, -0.05) is 26.8 Å². The lowest BCUT2D eigenvalue weighted by atomic mass is 9.89. The quantitative estimate of drug-likeness (QED) is 0.817. The van der Waals surface area contributed by atoms with Crippen LogP contribution in [0.2, 0.25) is 0 Å². The van der Waals surface area contributed by atoms with Gasteiger partial charge in [0.2, 0.25) is 0 Å². The first kappa shape index (κ1) is 13.1. The van der Waals surface area contributed by atoms with Crippen molar-refractivity contribution in [3.8, 4) is 0 Å². The molecule has 1 unspecified atom stereocenters. The normalized spacial score (nSPS) is 13.8. The van der Waals surface area contributed by atoms with Gasteiger partial charge in [-0.3, -0.25) is 4.98 Å². The summed E-state index contributed by atoms with van der Waals surface area (Å²) in [6.07, 6.45) is 1.46. The van der Waals surface area contributed by atoms with E-state index < -0.39 is 0 Å². The molecule has 0 aliphatic rings. The third-order valence-electron chi connectivity index (χ3n) is 2.75. The Morgan fingerprint density at radius 3 is 2.69 bits per heavy atom. The zero-order valence-corrected chi connectivity index (χ0v) is 10.6. The van der Waals surface area contributed by atoms with Crippen LogP contribution in [0.1, 0.15) is 32.0 Å². The van der Waals surface area contributed by atoms with Crippen molar-refractivity contribution in [1.29, 1.82) is 0 Å². The maximum Gasteiger partial charge on any atom is 0.0712 e. The summed E-state index contributed by atoms with van der Waals surface area (Å²) < 4.78 is 0. The van der Waals surface area contributed by atoms with Gasteiger partial charge in [0.15, 0.2) is 0 Å². The number of aromatic nitrogens is 1. The van der Waals surface area contributed by atoms with E-state index in [0.29, 0.717) is 13.1 Å². The number of aliphatic hydroxyl groups is 1. The maximum atomic E-state index is 9.85. The lowest BCUT2D eigenvalue weighted by Crippen LogP contribution is -2.36. The van der Waals surface area contributed by atoms with Crippen LogP contribution in [-0.4, -0.2) is 22.7 Å². The summed E-state index contributed by atoms with van der Waals surface area (Å²) in [7, 11) is 0. The monoisotopic (exact) mass is 222 g/mol. The van der Waals surface area contributed by atoms with Crippen molar-refractivity contribution in [1.82, 2.24) is 10.3 Å². The number of aryl methyl sites for hydroxylation is 1. The molecule has 0 aromatic carbocycles. The summed E-state index contributed by atoms with van der Waals surface area (Å²) in [5.41, 5.74) is 2.15. The molecule has 2 N–H and O–H groups in total. The lowest BCUT2D eigenvalue weighted by Gasteiger charge is -2.26. The van der Waals surface area contributed by atoms with Crippen LogP contribution >= 0.6 is 0 Å². The highest BCUT2D eigenvalue weighted by Gasteiger charge is 2.21. The number of hydrogen-bond acceptors (Lipinski definition) is 3. The number of hydrogen-bond donors (Lipinski definition) is 2. The van der Waals surface area contributed by atoms with Crippen molar-refractivity contribution in [2.75, 3.05) is 6.54 Å². The van der Waals surface area contributed by atoms with E-state index in [2.05, 4.69) is 10.3 Å². The number of nitrogens with one attached hydrogen (secondary N) is 1. The van der Waals surface area contributed by atoms with E-state index in [1.54, 1.807) is 6.20 Å². The Balaban J connectivity index is 2.40. The first-order valence-electron chi connectivity index (χ1n) is 5.70. The third kappa shape index (κ3) is 3.91. The Kier molecular flexibility index (Phi) is 4.44. The predicted molar refractivity (Wildman–Crippen MR) is 66.1 cm³/mol. The first-order chi connectivity index (χ1) is 7.41. The van der Waals surface area contributed by atoms with Gasteiger partial charge in [0.1, 0.15) is 0 Å². The van der Waals surface area contributed by atoms with Crippen molar-refractivity contribution in [3.63, 3.8) is 0 Å². The molecule has 1 atom stereocenters. The Morgan fingerprint density at radius 1 is 1.44 bits per heavy atom. The molecule has 16 heavy (non-hydrogen) atoms. The lowest BCUT2D eigenvalue weighted by molar-refractivity contribution is 0.0627. The highest BCUT2D eigenvalue weighted by molar-refractivity contribution is 5.17. The van der Waals surface area contributed by atoms with Gasteiger partial charge in [0.25, 0.3) is 0 Å². The van der Waals surface area contributed by atoms with Gasteiger partial charge < -0.3 is 10.4 Å². The minimum Gasteiger partial charge on any atom is -0.391 e. The second kappa shape index (κ2) is 5.41. The fraction of sp³-hybridized carbons (Fsp3) is 0.615. The summed E-state index contributed by atoms with van der Waals surface area (Å²) in [5.74, 6) is 0. The molecule has 3 heteroatoms. The molecule has 0 fully saturated rings. The van der Waals surface area contributed by atoms with Crippen LogP contribution in [0.3, 0.4) is 0 Å². The average molecular weight is 222 g/mol. The van der Waals surface area contributed by atoms with E-state index in [9.17, 15) is 5.11 Å². The molecule has 0 aliphatic carbocycles. The zero-order valence-electron chi connectivity index (χ0n) is 10.6. The van der Waals surface area contributed by atoms with Crippen LogP contribution in [0.25, 0.3) is 0 Å². The first-order valence-corrected chi connectivity index (χ1v) is 5.70. The van der Waals surface area contributed by atoms with Gasteiger partial charge in [-0.2, -0.15) is 0 Å². The molecule has 0 amide bonds. The minimum absolute atomic E-state index is 0.0772. The van der Waals surface area contributed by atoms with Crippen molar-refractivity contribution >= 4 is 0 Å². The van der Waals surface area contributed by atoms with Gasteiger partial charge in [0, 0.05) is 19.3 Å². The number of rotatable bonds is 4. The summed E-state index contributed by atoms with van der Waals surface area (Å²) in [5, 5.41) is 13.1. The van der Waals surface area contributed by atoms with E-state index >= 15 is 0 Å². The molecule has 0 aliphatic heterocycles. The van der Waals surface area contributed by atoms with E-state index in [1.807, 2.05) is 39.8 Å². The van der Waals surface area contributed by atoms with Crippen molar-refractivity contribution in [2.45, 2.75) is 40.3 Å². The second-order valence-electron chi connectivity index (χ2n) is 5.28. The fourth-order valence-electron chi connectivity index (χ4n) is 1.34. The molecular weight excluding hydrogens is 200 g/mol. The van der Waals surface area contributed by atoms with Gasteiger partial charge in [0.05, 0.1) is 11.8 Å². The fourth-order valence-corrected chi connectivity index (χ4v) is 1.34. The van der Waals surface area contributed by atoms with E-state index in [4.69, 9.17) is 0 Å². The van der Waals surface area contributed by atoms with Crippen LogP contribution in [0, 0.1) is 12.3 Å². The highest BCUT2D eigenvalue weighted by Crippen LogP contribution is 2.18. The molecule has 0 bridgehead atoms. The average Bonchev–Trinajstić information content (AvgIpc) is 2.19. The summed E-state index contributed by atoms with van der Waals surface area (Å²) in [6.45, 7) is 9.45. The highest BCUT2D eigenvalue weighted by atomic mass is 16.3. The number of nitrogens with zero attached hydrogens (tertiary/aromatic N) is 1. The molecule has 3 nitrogen and oxygen atoms in total. The number of aliphatic hydroxyl groups excluding tert-OH is 1. The van der Waals surface area contributed by atoms with E-state index in [0.717, 1.165) is 5.69 Å². The maximum absolute atomic E-state index is 9.85. The molecule has 0 saturated carbocycles. The number of pyridine rings is 1. The molecule has 0 saturated heterocycles. The van der Waals surface area contributed by atoms with Crippen molar-refractivity contribution in [3.05, 3.63) is 29.6 Å². The summed E-state index contributed by atoms with van der Waals surface area (Å²) in [4.78, 5) is 4.29. The second-order valence-corrected chi connectivity index (χ2v) is 5.28. The molecule has 1 aromatic heterocycles. The van der Waals surface area contributed by atoms with E-state index in [-0.39, 0.29) is 11.5 Å². The Hall–Kier alpha value is -0.930. The van der Waals surface area contributed by atoms with Crippen molar-refractivity contribution in [2.24, 2.45) is 5.41 Å². The predicted octanol–water partition coefficient (Wildman–Crippen LogP) is 1.89. The molecule has 90 valence electrons. The molecule has 1 heterocycles. The standard InChI is InChI=1S/C13H22N2O/c1-10-6-5-7-15-11(10)8-14-9-12(16)13(2,3)4/h5-7,12,14,16H,8-9H2,1-4H3. The van der Waals surface area contributed by atoms with Gasteiger partial charge in [-0.15, -0.1) is 0 Å². The van der Waals surface area contributed by atoms with Crippen molar-refractivity contribution < 1.29 is 5.11 Å². The smallest absolute Gasteiger partial charge is 0.0712 e. The molecule has 1 rings (SSSR count). The van der Waals surface area contributed by atoms with Gasteiger partial charge in [-0.05, 0) is 24.0 Å². The molecule has 0 radical (unpaired) electrons. The van der Waals surface area contributed by atoms with Crippen LogP contribution in [-0.2, 0) is 6.54 Å². The third-order valence-corrected chi connectivity index (χ3v) is 2.75. The Bertz CT molecular complexity index is 331. The van der Waals surface area contributed by atoms with Gasteiger partial charge >= 0.3 is 0 Å². The zero-order chi connectivity index (χ0) is 12.2. The molecular formula is C13H22N2O. The van der Waals surface area contributed by atoms with Crippen LogP contribution in [0.15, 0.2) is 18.3 Å². The molecule has 1 aromatic rings. The topological polar surface area (TPSA) is 45.2 Å². The Morgan fingerprint density at radius 2 is 2.12 bits per heavy atom. The largest absolute Gasteiger partial charge is 0.391 e. The Labute approximate surface area is 97.9 Å². The van der Waals surface area contributed by atoms with Crippen LogP contribution < -0.4 is 5.32 Å². The summed E-state index contributed by atoms with van der Waals surface area (Å²) >= 11 is 0. The summed E-state index contributed by atoms with van der Waals surface area (Å²) in [6, 6.07) is 3.98. The van der Waals surface area contributed by atoms with E-state index in [1.165, 1.54) is 5.56 Å². The van der Waals surface area contributed by atoms with Crippen LogP contribution in [0.4, 0.5) is 0 Å². The minimum atomic E-state index is -0.337. The SMILES string of the molecule is Cc1cccnc1CNCC(O)C(C)(C)C.